The van der Waals surface area contributed by atoms with Gasteiger partial charge in [-0.25, -0.2) is 13.6 Å². The maximum atomic E-state index is 13.1. The molecule has 0 radical (unpaired) electrons. The second kappa shape index (κ2) is 4.54. The summed E-state index contributed by atoms with van der Waals surface area (Å²) in [7, 11) is 0. The minimum atomic E-state index is -1.20. The minimum Gasteiger partial charge on any atom is -0.478 e. The van der Waals surface area contributed by atoms with Crippen molar-refractivity contribution in [3.8, 4) is 0 Å². The Bertz CT molecular complexity index is 416. The highest BCUT2D eigenvalue weighted by molar-refractivity contribution is 5.80. The Morgan fingerprint density at radius 3 is 2.67 bits per heavy atom. The van der Waals surface area contributed by atoms with Gasteiger partial charge in [0.05, 0.1) is 0 Å². The molecule has 1 aromatic rings. The predicted octanol–water partition coefficient (Wildman–Crippen LogP) is 1.43. The Kier molecular flexibility index (Phi) is 3.38. The van der Waals surface area contributed by atoms with Crippen LogP contribution in [-0.2, 0) is 11.2 Å². The van der Waals surface area contributed by atoms with Crippen LogP contribution >= 0.6 is 0 Å². The number of nitrogens with two attached hydrogens (primary N) is 1. The quantitative estimate of drug-likeness (QED) is 0.746. The van der Waals surface area contributed by atoms with Crippen molar-refractivity contribution >= 4 is 5.97 Å². The fourth-order valence-corrected chi connectivity index (χ4v) is 1.09. The summed E-state index contributed by atoms with van der Waals surface area (Å²) in [5.74, 6) is -2.62. The molecule has 0 bridgehead atoms. The van der Waals surface area contributed by atoms with Crippen molar-refractivity contribution in [3.63, 3.8) is 0 Å². The van der Waals surface area contributed by atoms with Gasteiger partial charge in [0, 0.05) is 24.3 Å². The lowest BCUT2D eigenvalue weighted by Crippen LogP contribution is -2.06. The van der Waals surface area contributed by atoms with E-state index in [0.29, 0.717) is 0 Å². The zero-order chi connectivity index (χ0) is 11.4. The van der Waals surface area contributed by atoms with Crippen LogP contribution in [0.3, 0.4) is 0 Å². The van der Waals surface area contributed by atoms with Gasteiger partial charge >= 0.3 is 5.97 Å². The van der Waals surface area contributed by atoms with Gasteiger partial charge in [0.25, 0.3) is 0 Å². The van der Waals surface area contributed by atoms with Crippen molar-refractivity contribution in [1.82, 2.24) is 0 Å². The molecule has 0 aromatic heterocycles. The van der Waals surface area contributed by atoms with Crippen LogP contribution in [0.5, 0.6) is 0 Å². The van der Waals surface area contributed by atoms with Gasteiger partial charge in [0.15, 0.2) is 0 Å². The Balaban J connectivity index is 2.86. The number of allylic oxidation sites excluding steroid dienone is 1. The molecule has 0 spiro atoms. The first-order valence-electron chi connectivity index (χ1n) is 4.12. The van der Waals surface area contributed by atoms with Crippen LogP contribution in [0.25, 0.3) is 0 Å². The molecule has 0 aliphatic rings. The number of hydrogen-bond donors (Lipinski definition) is 2. The van der Waals surface area contributed by atoms with Crippen LogP contribution in [0.2, 0.25) is 0 Å². The third-order valence-corrected chi connectivity index (χ3v) is 1.72. The molecule has 0 unspecified atom stereocenters. The van der Waals surface area contributed by atoms with Gasteiger partial charge in [-0.2, -0.15) is 0 Å². The highest BCUT2D eigenvalue weighted by atomic mass is 19.1. The van der Waals surface area contributed by atoms with E-state index in [4.69, 9.17) is 10.8 Å². The largest absolute Gasteiger partial charge is 0.478 e. The molecule has 15 heavy (non-hydrogen) atoms. The molecule has 0 atom stereocenters. The third-order valence-electron chi connectivity index (χ3n) is 1.72. The van der Waals surface area contributed by atoms with Crippen molar-refractivity contribution in [2.75, 3.05) is 0 Å². The molecule has 0 heterocycles. The van der Waals surface area contributed by atoms with Crippen LogP contribution < -0.4 is 5.73 Å². The van der Waals surface area contributed by atoms with Crippen LogP contribution in [0.4, 0.5) is 8.78 Å². The number of benzene rings is 1. The van der Waals surface area contributed by atoms with E-state index in [-0.39, 0.29) is 17.7 Å². The first-order chi connectivity index (χ1) is 6.99. The van der Waals surface area contributed by atoms with Gasteiger partial charge in [0.2, 0.25) is 0 Å². The lowest BCUT2D eigenvalue weighted by molar-refractivity contribution is -0.131. The second-order valence-corrected chi connectivity index (χ2v) is 2.97. The van der Waals surface area contributed by atoms with Crippen molar-refractivity contribution in [2.45, 2.75) is 6.42 Å². The molecule has 1 aromatic carbocycles. The van der Waals surface area contributed by atoms with Gasteiger partial charge in [-0.05, 0) is 11.6 Å². The maximum absolute atomic E-state index is 13.1. The average molecular weight is 213 g/mol. The summed E-state index contributed by atoms with van der Waals surface area (Å²) in [4.78, 5) is 10.2. The van der Waals surface area contributed by atoms with Crippen LogP contribution in [-0.4, -0.2) is 11.1 Å². The Hall–Kier alpha value is -1.91. The van der Waals surface area contributed by atoms with Gasteiger partial charge in [-0.1, -0.05) is 6.07 Å². The molecule has 80 valence electrons. The molecule has 0 aliphatic heterocycles. The van der Waals surface area contributed by atoms with E-state index in [9.17, 15) is 13.6 Å². The molecule has 0 saturated carbocycles. The summed E-state index contributed by atoms with van der Waals surface area (Å²) in [6, 6.07) is 3.04. The van der Waals surface area contributed by atoms with Gasteiger partial charge in [-0.15, -0.1) is 0 Å². The summed E-state index contributed by atoms with van der Waals surface area (Å²) < 4.78 is 25.6. The molecular weight excluding hydrogens is 204 g/mol. The standard InChI is InChI=1S/C10H9F2NO2/c11-7-2-1-6(9(12)4-7)3-8(13)5-10(14)15/h1-2,4-5H,3,13H2,(H,14,15)/b8-5-. The summed E-state index contributed by atoms with van der Waals surface area (Å²) >= 11 is 0. The monoisotopic (exact) mass is 213 g/mol. The molecule has 3 nitrogen and oxygen atoms in total. The predicted molar refractivity (Wildman–Crippen MR) is 50.0 cm³/mol. The fourth-order valence-electron chi connectivity index (χ4n) is 1.09. The number of hydrogen-bond acceptors (Lipinski definition) is 2. The van der Waals surface area contributed by atoms with Crippen LogP contribution in [0, 0.1) is 11.6 Å². The third kappa shape index (κ3) is 3.38. The van der Waals surface area contributed by atoms with Crippen molar-refractivity contribution < 1.29 is 18.7 Å². The van der Waals surface area contributed by atoms with Crippen LogP contribution in [0.15, 0.2) is 30.0 Å². The van der Waals surface area contributed by atoms with E-state index < -0.39 is 17.6 Å². The first kappa shape index (κ1) is 11.2. The molecule has 3 N–H and O–H groups in total. The summed E-state index contributed by atoms with van der Waals surface area (Å²) in [6.07, 6.45) is 0.723. The van der Waals surface area contributed by atoms with E-state index in [1.165, 1.54) is 6.07 Å². The lowest BCUT2D eigenvalue weighted by atomic mass is 10.1. The molecule has 0 fully saturated rings. The van der Waals surface area contributed by atoms with E-state index in [0.717, 1.165) is 18.2 Å². The van der Waals surface area contributed by atoms with E-state index in [2.05, 4.69) is 0 Å². The van der Waals surface area contributed by atoms with Crippen molar-refractivity contribution in [2.24, 2.45) is 5.73 Å². The van der Waals surface area contributed by atoms with E-state index >= 15 is 0 Å². The number of rotatable bonds is 3. The fraction of sp³-hybridized carbons (Fsp3) is 0.100. The van der Waals surface area contributed by atoms with Crippen molar-refractivity contribution in [1.29, 1.82) is 0 Å². The second-order valence-electron chi connectivity index (χ2n) is 2.97. The van der Waals surface area contributed by atoms with Gasteiger partial charge in [-0.3, -0.25) is 0 Å². The molecule has 1 rings (SSSR count). The summed E-state index contributed by atoms with van der Waals surface area (Å²) in [6.45, 7) is 0. The average Bonchev–Trinajstić information content (AvgIpc) is 2.08. The topological polar surface area (TPSA) is 63.3 Å². The number of carboxylic acid groups (broad SMARTS) is 1. The number of aliphatic carboxylic acids is 1. The Morgan fingerprint density at radius 2 is 2.13 bits per heavy atom. The van der Waals surface area contributed by atoms with Gasteiger partial charge < -0.3 is 10.8 Å². The normalized spacial score (nSPS) is 11.5. The Morgan fingerprint density at radius 1 is 1.47 bits per heavy atom. The minimum absolute atomic E-state index is 0.00741. The Labute approximate surface area is 84.8 Å². The number of carbonyl (C=O) groups is 1. The SMILES string of the molecule is N/C(=C\C(=O)O)Cc1ccc(F)cc1F. The number of carboxylic acids is 1. The summed E-state index contributed by atoms with van der Waals surface area (Å²) in [5, 5.41) is 8.37. The molecule has 5 heteroatoms. The zero-order valence-corrected chi connectivity index (χ0v) is 7.71. The molecule has 0 amide bonds. The highest BCUT2D eigenvalue weighted by Crippen LogP contribution is 2.12. The van der Waals surface area contributed by atoms with E-state index in [1.807, 2.05) is 0 Å². The molecular formula is C10H9F2NO2. The lowest BCUT2D eigenvalue weighted by Gasteiger charge is -2.02. The summed E-state index contributed by atoms with van der Waals surface area (Å²) in [5.41, 5.74) is 5.50. The van der Waals surface area contributed by atoms with E-state index in [1.54, 1.807) is 0 Å². The smallest absolute Gasteiger partial charge is 0.330 e. The number of halogens is 2. The maximum Gasteiger partial charge on any atom is 0.330 e. The van der Waals surface area contributed by atoms with Gasteiger partial charge in [0.1, 0.15) is 11.6 Å². The molecule has 0 aliphatic carbocycles. The highest BCUT2D eigenvalue weighted by Gasteiger charge is 2.05. The van der Waals surface area contributed by atoms with Crippen molar-refractivity contribution in [3.05, 3.63) is 47.2 Å². The first-order valence-corrected chi connectivity index (χ1v) is 4.12. The van der Waals surface area contributed by atoms with Crippen LogP contribution in [0.1, 0.15) is 5.56 Å². The zero-order valence-electron chi connectivity index (χ0n) is 7.71. The molecule has 0 saturated heterocycles.